The number of non-ortho nitro benzene ring substituents is 1. The number of ether oxygens (including phenoxy) is 2. The second-order valence-electron chi connectivity index (χ2n) is 6.77. The van der Waals surface area contributed by atoms with Crippen molar-refractivity contribution in [2.45, 2.75) is 13.5 Å². The Kier molecular flexibility index (Phi) is 5.25. The fraction of sp³-hybridized carbons (Fsp3) is 0.0870. The lowest BCUT2D eigenvalue weighted by Crippen LogP contribution is -1.98. The van der Waals surface area contributed by atoms with Crippen molar-refractivity contribution < 1.29 is 19.2 Å². The zero-order valence-corrected chi connectivity index (χ0v) is 16.7. The molecule has 7 heteroatoms. The largest absolute Gasteiger partial charge is 0.488 e. The predicted molar refractivity (Wildman–Crippen MR) is 113 cm³/mol. The van der Waals surface area contributed by atoms with Crippen LogP contribution in [0.1, 0.15) is 27.0 Å². The summed E-state index contributed by atoms with van der Waals surface area (Å²) < 4.78 is 11.7. The number of halogens is 1. The van der Waals surface area contributed by atoms with Crippen LogP contribution in [0.4, 0.5) is 5.69 Å². The first-order valence-electron chi connectivity index (χ1n) is 9.12. The first kappa shape index (κ1) is 19.7. The molecule has 0 saturated carbocycles. The van der Waals surface area contributed by atoms with Gasteiger partial charge in [-0.15, -0.1) is 0 Å². The molecule has 0 saturated heterocycles. The maximum atomic E-state index is 12.7. The van der Waals surface area contributed by atoms with Crippen LogP contribution in [0.3, 0.4) is 0 Å². The maximum absolute atomic E-state index is 12.7. The van der Waals surface area contributed by atoms with Gasteiger partial charge < -0.3 is 9.47 Å². The van der Waals surface area contributed by atoms with E-state index in [-0.39, 0.29) is 17.2 Å². The Labute approximate surface area is 177 Å². The number of hydrogen-bond donors (Lipinski definition) is 0. The lowest BCUT2D eigenvalue weighted by atomic mass is 10.1. The SMILES string of the molecule is Cc1c(OCc2ccc(Cl)cc2)ccc2c1O/C(=C\c1ccc([N+](=O)[O-])cc1)C2=O. The zero-order chi connectivity index (χ0) is 21.3. The van der Waals surface area contributed by atoms with Gasteiger partial charge in [0.1, 0.15) is 18.1 Å². The molecule has 0 unspecified atom stereocenters. The molecular weight excluding hydrogens is 406 g/mol. The monoisotopic (exact) mass is 421 g/mol. The van der Waals surface area contributed by atoms with Crippen LogP contribution >= 0.6 is 11.6 Å². The van der Waals surface area contributed by atoms with Crippen molar-refractivity contribution in [1.82, 2.24) is 0 Å². The van der Waals surface area contributed by atoms with E-state index in [1.807, 2.05) is 19.1 Å². The molecule has 3 aromatic rings. The van der Waals surface area contributed by atoms with E-state index in [4.69, 9.17) is 21.1 Å². The zero-order valence-electron chi connectivity index (χ0n) is 15.9. The third kappa shape index (κ3) is 3.90. The minimum absolute atomic E-state index is 0.0163. The molecule has 6 nitrogen and oxygen atoms in total. The number of nitro groups is 1. The molecular formula is C23H16ClNO5. The molecule has 0 N–H and O–H groups in total. The van der Waals surface area contributed by atoms with E-state index in [1.165, 1.54) is 12.1 Å². The lowest BCUT2D eigenvalue weighted by molar-refractivity contribution is -0.384. The number of nitrogens with zero attached hydrogens (tertiary/aromatic N) is 1. The molecule has 1 aliphatic rings. The van der Waals surface area contributed by atoms with Gasteiger partial charge >= 0.3 is 0 Å². The summed E-state index contributed by atoms with van der Waals surface area (Å²) in [6.45, 7) is 2.19. The van der Waals surface area contributed by atoms with Crippen molar-refractivity contribution in [3.05, 3.63) is 104 Å². The summed E-state index contributed by atoms with van der Waals surface area (Å²) in [6, 6.07) is 16.7. The van der Waals surface area contributed by atoms with Crippen LogP contribution < -0.4 is 9.47 Å². The van der Waals surface area contributed by atoms with Gasteiger partial charge in [0.25, 0.3) is 5.69 Å². The number of carbonyl (C=O) groups is 1. The van der Waals surface area contributed by atoms with E-state index in [9.17, 15) is 14.9 Å². The Morgan fingerprint density at radius 2 is 1.77 bits per heavy atom. The Bertz CT molecular complexity index is 1170. The molecule has 0 atom stereocenters. The highest BCUT2D eigenvalue weighted by molar-refractivity contribution is 6.30. The molecule has 4 rings (SSSR count). The first-order chi connectivity index (χ1) is 14.4. The van der Waals surface area contributed by atoms with Crippen molar-refractivity contribution in [2.75, 3.05) is 0 Å². The molecule has 30 heavy (non-hydrogen) atoms. The van der Waals surface area contributed by atoms with E-state index in [2.05, 4.69) is 0 Å². The van der Waals surface area contributed by atoms with Crippen LogP contribution in [0.25, 0.3) is 6.08 Å². The van der Waals surface area contributed by atoms with Gasteiger partial charge in [0.15, 0.2) is 5.76 Å². The maximum Gasteiger partial charge on any atom is 0.269 e. The molecule has 0 radical (unpaired) electrons. The molecule has 0 aliphatic carbocycles. The van der Waals surface area contributed by atoms with Gasteiger partial charge in [-0.3, -0.25) is 14.9 Å². The second kappa shape index (κ2) is 8.00. The summed E-state index contributed by atoms with van der Waals surface area (Å²) in [5, 5.41) is 11.4. The fourth-order valence-corrected chi connectivity index (χ4v) is 3.24. The Balaban J connectivity index is 1.54. The molecule has 1 aliphatic heterocycles. The number of fused-ring (bicyclic) bond motifs is 1. The Hall–Kier alpha value is -3.64. The Morgan fingerprint density at radius 1 is 1.07 bits per heavy atom. The molecule has 3 aromatic carbocycles. The number of carbonyl (C=O) groups excluding carboxylic acids is 1. The number of Topliss-reactive ketones (excluding diaryl/α,β-unsaturated/α-hetero) is 1. The average molecular weight is 422 g/mol. The second-order valence-corrected chi connectivity index (χ2v) is 7.21. The standard InChI is InChI=1S/C23H16ClNO5/c1-14-20(29-13-16-2-6-17(24)7-3-16)11-10-19-22(26)21(30-23(14)19)12-15-4-8-18(9-5-15)25(27)28/h2-12H,13H2,1H3/b21-12-. The van der Waals surface area contributed by atoms with Crippen LogP contribution in [0.5, 0.6) is 11.5 Å². The van der Waals surface area contributed by atoms with E-state index >= 15 is 0 Å². The number of allylic oxidation sites excluding steroid dienone is 1. The molecule has 0 aromatic heterocycles. The van der Waals surface area contributed by atoms with E-state index < -0.39 is 4.92 Å². The summed E-state index contributed by atoms with van der Waals surface area (Å²) in [7, 11) is 0. The molecule has 0 spiro atoms. The normalized spacial score (nSPS) is 13.8. The van der Waals surface area contributed by atoms with Gasteiger partial charge in [-0.05, 0) is 60.5 Å². The van der Waals surface area contributed by atoms with Crippen molar-refractivity contribution >= 4 is 29.1 Å². The molecule has 0 amide bonds. The summed E-state index contributed by atoms with van der Waals surface area (Å²) in [5.74, 6) is 1.00. The van der Waals surface area contributed by atoms with Crippen LogP contribution in [0, 0.1) is 17.0 Å². The number of rotatable bonds is 5. The average Bonchev–Trinajstić information content (AvgIpc) is 3.05. The predicted octanol–water partition coefficient (Wildman–Crippen LogP) is 5.75. The number of ketones is 1. The minimum Gasteiger partial charge on any atom is -0.488 e. The van der Waals surface area contributed by atoms with Crippen molar-refractivity contribution in [2.24, 2.45) is 0 Å². The van der Waals surface area contributed by atoms with Crippen molar-refractivity contribution in [3.8, 4) is 11.5 Å². The topological polar surface area (TPSA) is 78.7 Å². The van der Waals surface area contributed by atoms with Gasteiger partial charge in [-0.25, -0.2) is 0 Å². The van der Waals surface area contributed by atoms with E-state index in [1.54, 1.807) is 42.5 Å². The van der Waals surface area contributed by atoms with E-state index in [0.29, 0.717) is 34.3 Å². The van der Waals surface area contributed by atoms with Gasteiger partial charge in [0.05, 0.1) is 10.5 Å². The van der Waals surface area contributed by atoms with Crippen molar-refractivity contribution in [1.29, 1.82) is 0 Å². The molecule has 1 heterocycles. The fourth-order valence-electron chi connectivity index (χ4n) is 3.11. The third-order valence-electron chi connectivity index (χ3n) is 4.75. The first-order valence-corrected chi connectivity index (χ1v) is 9.50. The highest BCUT2D eigenvalue weighted by atomic mass is 35.5. The quantitative estimate of drug-likeness (QED) is 0.297. The minimum atomic E-state index is -0.473. The smallest absolute Gasteiger partial charge is 0.269 e. The number of hydrogen-bond acceptors (Lipinski definition) is 5. The highest BCUT2D eigenvalue weighted by Gasteiger charge is 2.30. The van der Waals surface area contributed by atoms with Gasteiger partial charge in [-0.2, -0.15) is 0 Å². The summed E-state index contributed by atoms with van der Waals surface area (Å²) >= 11 is 5.90. The number of nitro benzene ring substituents is 1. The van der Waals surface area contributed by atoms with Crippen LogP contribution in [0.15, 0.2) is 66.4 Å². The van der Waals surface area contributed by atoms with Gasteiger partial charge in [-0.1, -0.05) is 23.7 Å². The van der Waals surface area contributed by atoms with Crippen molar-refractivity contribution in [3.63, 3.8) is 0 Å². The van der Waals surface area contributed by atoms with E-state index in [0.717, 1.165) is 11.1 Å². The Morgan fingerprint density at radius 3 is 2.43 bits per heavy atom. The molecule has 0 bridgehead atoms. The summed E-state index contributed by atoms with van der Waals surface area (Å²) in [6.07, 6.45) is 1.57. The lowest BCUT2D eigenvalue weighted by Gasteiger charge is -2.11. The summed E-state index contributed by atoms with van der Waals surface area (Å²) in [5.41, 5.74) is 2.77. The van der Waals surface area contributed by atoms with Gasteiger partial charge in [0.2, 0.25) is 5.78 Å². The molecule has 0 fully saturated rings. The highest BCUT2D eigenvalue weighted by Crippen LogP contribution is 2.39. The molecule has 150 valence electrons. The number of benzene rings is 3. The van der Waals surface area contributed by atoms with Crippen LogP contribution in [-0.4, -0.2) is 10.7 Å². The van der Waals surface area contributed by atoms with Crippen LogP contribution in [0.2, 0.25) is 5.02 Å². The van der Waals surface area contributed by atoms with Crippen LogP contribution in [-0.2, 0) is 6.61 Å². The summed E-state index contributed by atoms with van der Waals surface area (Å²) in [4.78, 5) is 23.0. The van der Waals surface area contributed by atoms with Gasteiger partial charge in [0, 0.05) is 22.7 Å². The third-order valence-corrected chi connectivity index (χ3v) is 5.00.